The molecule has 0 aromatic heterocycles. The van der Waals surface area contributed by atoms with Gasteiger partial charge in [-0.3, -0.25) is 23.4 Å². The Kier molecular flexibility index (Phi) is 56.8. The number of unbranched alkanes of at least 4 members (excludes halogenated alkanes) is 24. The molecule has 12 heteroatoms. The molecule has 2 N–H and O–H groups in total. The Labute approximate surface area is 476 Å². The van der Waals surface area contributed by atoms with Gasteiger partial charge in [0.05, 0.1) is 19.8 Å². The van der Waals surface area contributed by atoms with Crippen LogP contribution in [0.25, 0.3) is 0 Å². The summed E-state index contributed by atoms with van der Waals surface area (Å²) >= 11 is 0. The minimum Gasteiger partial charge on any atom is -0.462 e. The van der Waals surface area contributed by atoms with E-state index in [4.69, 9.17) is 23.3 Å². The van der Waals surface area contributed by atoms with Crippen LogP contribution in [-0.2, 0) is 42.2 Å². The van der Waals surface area contributed by atoms with Gasteiger partial charge in [0.15, 0.2) is 6.10 Å². The van der Waals surface area contributed by atoms with E-state index in [1.165, 1.54) is 109 Å². The number of phosphoric acid groups is 1. The second-order valence-electron chi connectivity index (χ2n) is 20.5. The fourth-order valence-electron chi connectivity index (χ4n) is 8.25. The van der Waals surface area contributed by atoms with Crippen molar-refractivity contribution in [2.45, 2.75) is 277 Å². The summed E-state index contributed by atoms with van der Waals surface area (Å²) in [5.74, 6) is -1.58. The number of rotatable bonds is 57. The molecule has 0 spiro atoms. The van der Waals surface area contributed by atoms with Crippen LogP contribution in [-0.4, -0.2) is 66.5 Å². The first-order valence-corrected chi connectivity index (χ1v) is 32.6. The van der Waals surface area contributed by atoms with Gasteiger partial charge in [-0.2, -0.15) is 0 Å². The predicted octanol–water partition coefficient (Wildman–Crippen LogP) is 18.8. The number of carbonyl (C=O) groups excluding carboxylic acids is 3. The first-order valence-electron chi connectivity index (χ1n) is 31.1. The molecule has 0 amide bonds. The highest BCUT2D eigenvalue weighted by Crippen LogP contribution is 2.43. The molecule has 11 nitrogen and oxygen atoms in total. The lowest BCUT2D eigenvalue weighted by Crippen LogP contribution is -2.30. The van der Waals surface area contributed by atoms with Crippen LogP contribution in [0, 0.1) is 0 Å². The summed E-state index contributed by atoms with van der Waals surface area (Å²) in [6.45, 7) is 4.42. The van der Waals surface area contributed by atoms with E-state index in [0.717, 1.165) is 96.3 Å². The number of ether oxygens (including phenoxy) is 3. The van der Waals surface area contributed by atoms with Crippen LogP contribution in [0.2, 0.25) is 0 Å². The Bertz CT molecular complexity index is 1680. The Morgan fingerprint density at radius 1 is 0.372 bits per heavy atom. The maximum absolute atomic E-state index is 12.9. The van der Waals surface area contributed by atoms with Crippen molar-refractivity contribution in [1.82, 2.24) is 0 Å². The lowest BCUT2D eigenvalue weighted by atomic mass is 10.1. The van der Waals surface area contributed by atoms with Crippen LogP contribution < -0.4 is 0 Å². The highest BCUT2D eigenvalue weighted by atomic mass is 31.2. The average Bonchev–Trinajstić information content (AvgIpc) is 3.43. The van der Waals surface area contributed by atoms with Crippen LogP contribution in [0.5, 0.6) is 0 Å². The van der Waals surface area contributed by atoms with E-state index in [1.807, 2.05) is 12.2 Å². The van der Waals surface area contributed by atoms with Gasteiger partial charge in [-0.1, -0.05) is 234 Å². The molecule has 0 radical (unpaired) electrons. The van der Waals surface area contributed by atoms with E-state index in [-0.39, 0.29) is 25.9 Å². The van der Waals surface area contributed by atoms with Crippen LogP contribution >= 0.6 is 7.82 Å². The highest BCUT2D eigenvalue weighted by Gasteiger charge is 2.28. The number of esters is 3. The summed E-state index contributed by atoms with van der Waals surface area (Å²) in [6, 6.07) is 0. The monoisotopic (exact) mass is 1110 g/mol. The smallest absolute Gasteiger partial charge is 0.462 e. The summed E-state index contributed by atoms with van der Waals surface area (Å²) in [6.07, 6.45) is 70.9. The normalized spacial score (nSPS) is 14.0. The first kappa shape index (κ1) is 74.4. The van der Waals surface area contributed by atoms with Gasteiger partial charge in [-0.25, -0.2) is 4.57 Å². The quantitative estimate of drug-likeness (QED) is 0.0197. The van der Waals surface area contributed by atoms with Gasteiger partial charge >= 0.3 is 25.7 Å². The molecule has 0 fully saturated rings. The Hall–Kier alpha value is -3.60. The molecule has 0 aromatic carbocycles. The molecule has 0 saturated heterocycles. The number of aliphatic hydroxyl groups excluding tert-OH is 1. The molecule has 3 atom stereocenters. The van der Waals surface area contributed by atoms with E-state index in [2.05, 4.69) is 106 Å². The average molecular weight is 1110 g/mol. The van der Waals surface area contributed by atoms with Gasteiger partial charge in [0.1, 0.15) is 12.7 Å². The Morgan fingerprint density at radius 3 is 1.12 bits per heavy atom. The van der Waals surface area contributed by atoms with Crippen molar-refractivity contribution in [3.8, 4) is 0 Å². The molecule has 3 unspecified atom stereocenters. The molecular formula is C66H113O11P. The van der Waals surface area contributed by atoms with Gasteiger partial charge in [-0.05, 0) is 109 Å². The van der Waals surface area contributed by atoms with E-state index in [1.54, 1.807) is 0 Å². The van der Waals surface area contributed by atoms with E-state index >= 15 is 0 Å². The molecule has 0 saturated carbocycles. The van der Waals surface area contributed by atoms with Gasteiger partial charge < -0.3 is 24.2 Å². The first-order chi connectivity index (χ1) is 38.2. The second-order valence-corrected chi connectivity index (χ2v) is 21.9. The van der Waals surface area contributed by atoms with Crippen molar-refractivity contribution in [2.75, 3.05) is 26.4 Å². The van der Waals surface area contributed by atoms with Crippen molar-refractivity contribution in [3.63, 3.8) is 0 Å². The Balaban J connectivity index is 4.73. The summed E-state index contributed by atoms with van der Waals surface area (Å²) < 4.78 is 39.5. The SMILES string of the molecule is CC/C=C\C/C=C\C/C=C\C/C=C\CCC(=O)OCC(COP(=O)(O)OCC(CO)OC(=O)CCCCCCCCCCC/C=C\CCCCCCCC)OC(=O)CCCCCCCC/C=C\C/C=C\C/C=C\CCCCC. The Morgan fingerprint density at radius 2 is 0.692 bits per heavy atom. The molecular weight excluding hydrogens is 1000 g/mol. The lowest BCUT2D eigenvalue weighted by Gasteiger charge is -2.21. The predicted molar refractivity (Wildman–Crippen MR) is 325 cm³/mol. The van der Waals surface area contributed by atoms with E-state index in [9.17, 15) is 28.9 Å². The molecule has 448 valence electrons. The van der Waals surface area contributed by atoms with Gasteiger partial charge in [0, 0.05) is 19.3 Å². The standard InChI is InChI=1S/C66H113O11P/c1-4-7-10-13-16-19-22-25-27-29-31-33-35-38-41-44-47-50-53-56-65(69)76-62(58-67)60-74-78(71,72)75-61-63(59-73-64(68)55-52-49-46-43-40-37-24-21-18-15-12-9-6-3)77-66(70)57-54-51-48-45-42-39-36-34-32-30-28-26-23-20-17-14-11-8-5-2/h9,12,17-18,20-21,25-28,32,34,37,40,46,49,62-63,67H,4-8,10-11,13-16,19,22-24,29-31,33,35-36,38-39,41-45,47-48,50-61H2,1-3H3,(H,71,72)/b12-9-,20-17-,21-18-,27-25-,28-26-,34-32-,40-37-,49-46-. The maximum Gasteiger partial charge on any atom is 0.472 e. The van der Waals surface area contributed by atoms with E-state index in [0.29, 0.717) is 19.3 Å². The van der Waals surface area contributed by atoms with Crippen molar-refractivity contribution in [3.05, 3.63) is 97.2 Å². The topological polar surface area (TPSA) is 155 Å². The summed E-state index contributed by atoms with van der Waals surface area (Å²) in [7, 11) is -4.77. The molecule has 0 aliphatic heterocycles. The van der Waals surface area contributed by atoms with Crippen LogP contribution in [0.3, 0.4) is 0 Å². The zero-order valence-electron chi connectivity index (χ0n) is 49.6. The number of hydrogen-bond acceptors (Lipinski definition) is 10. The third kappa shape index (κ3) is 57.1. The van der Waals surface area contributed by atoms with Crippen LogP contribution in [0.1, 0.15) is 265 Å². The molecule has 0 aliphatic carbocycles. The number of aliphatic hydroxyl groups is 1. The van der Waals surface area contributed by atoms with E-state index < -0.39 is 57.8 Å². The fraction of sp³-hybridized carbons (Fsp3) is 0.712. The van der Waals surface area contributed by atoms with Crippen LogP contribution in [0.15, 0.2) is 97.2 Å². The van der Waals surface area contributed by atoms with Crippen molar-refractivity contribution in [1.29, 1.82) is 0 Å². The third-order valence-electron chi connectivity index (χ3n) is 13.0. The second kappa shape index (κ2) is 59.5. The molecule has 0 bridgehead atoms. The van der Waals surface area contributed by atoms with Crippen molar-refractivity contribution >= 4 is 25.7 Å². The number of carbonyl (C=O) groups is 3. The highest BCUT2D eigenvalue weighted by molar-refractivity contribution is 7.47. The molecule has 0 aromatic rings. The summed E-state index contributed by atoms with van der Waals surface area (Å²) in [4.78, 5) is 48.6. The van der Waals surface area contributed by atoms with Gasteiger partial charge in [0.2, 0.25) is 0 Å². The minimum atomic E-state index is -4.77. The van der Waals surface area contributed by atoms with Crippen molar-refractivity contribution in [2.24, 2.45) is 0 Å². The molecule has 0 heterocycles. The van der Waals surface area contributed by atoms with Crippen LogP contribution in [0.4, 0.5) is 0 Å². The largest absolute Gasteiger partial charge is 0.472 e. The number of hydrogen-bond donors (Lipinski definition) is 2. The zero-order valence-corrected chi connectivity index (χ0v) is 50.5. The lowest BCUT2D eigenvalue weighted by molar-refractivity contribution is -0.161. The minimum absolute atomic E-state index is 0.0988. The van der Waals surface area contributed by atoms with Gasteiger partial charge in [-0.15, -0.1) is 0 Å². The number of allylic oxidation sites excluding steroid dienone is 16. The molecule has 0 rings (SSSR count). The van der Waals surface area contributed by atoms with Crippen molar-refractivity contribution < 1.29 is 52.2 Å². The zero-order chi connectivity index (χ0) is 56.9. The molecule has 0 aliphatic rings. The number of phosphoric ester groups is 1. The third-order valence-corrected chi connectivity index (χ3v) is 13.9. The summed E-state index contributed by atoms with van der Waals surface area (Å²) in [5.41, 5.74) is 0. The molecule has 78 heavy (non-hydrogen) atoms. The fourth-order valence-corrected chi connectivity index (χ4v) is 9.04. The maximum atomic E-state index is 12.9. The summed E-state index contributed by atoms with van der Waals surface area (Å²) in [5, 5.41) is 9.85. The van der Waals surface area contributed by atoms with Gasteiger partial charge in [0.25, 0.3) is 0 Å².